The molecule has 2 bridgehead atoms. The van der Waals surface area contributed by atoms with Gasteiger partial charge in [-0.2, -0.15) is 5.26 Å². The van der Waals surface area contributed by atoms with Gasteiger partial charge in [-0.3, -0.25) is 24.3 Å². The number of ether oxygens (including phenoxy) is 2. The lowest BCUT2D eigenvalue weighted by atomic mass is 9.71. The fourth-order valence-corrected chi connectivity index (χ4v) is 8.46. The number of benzene rings is 3. The van der Waals surface area contributed by atoms with Gasteiger partial charge in [0.1, 0.15) is 17.5 Å². The van der Waals surface area contributed by atoms with E-state index in [1.54, 1.807) is 31.2 Å². The molecule has 0 aromatic heterocycles. The van der Waals surface area contributed by atoms with Gasteiger partial charge in [0.2, 0.25) is 6.79 Å². The molecule has 1 saturated heterocycles. The van der Waals surface area contributed by atoms with Crippen LogP contribution in [0.3, 0.4) is 0 Å². The van der Waals surface area contributed by atoms with Gasteiger partial charge in [0.15, 0.2) is 11.5 Å². The minimum atomic E-state index is -0.675. The molecule has 0 aliphatic carbocycles. The molecule has 5 atom stereocenters. The summed E-state index contributed by atoms with van der Waals surface area (Å²) >= 11 is 0. The highest BCUT2D eigenvalue weighted by atomic mass is 16.7. The molecule has 3 aromatic carbocycles. The number of imide groups is 1. The van der Waals surface area contributed by atoms with Crippen molar-refractivity contribution in [2.24, 2.45) is 0 Å². The Bertz CT molecular complexity index is 1830. The number of fused-ring (bicyclic) bond motifs is 10. The Morgan fingerprint density at radius 1 is 0.932 bits per heavy atom. The first kappa shape index (κ1) is 27.0. The van der Waals surface area contributed by atoms with Crippen molar-refractivity contribution in [2.45, 2.75) is 63.8 Å². The van der Waals surface area contributed by atoms with Gasteiger partial charge >= 0.3 is 0 Å². The number of phenols is 2. The van der Waals surface area contributed by atoms with E-state index in [0.717, 1.165) is 22.3 Å². The van der Waals surface area contributed by atoms with Gasteiger partial charge in [0.25, 0.3) is 11.8 Å². The number of amides is 2. The Morgan fingerprint density at radius 2 is 1.61 bits per heavy atom. The van der Waals surface area contributed by atoms with Crippen molar-refractivity contribution in [2.75, 3.05) is 20.4 Å². The van der Waals surface area contributed by atoms with E-state index in [1.165, 1.54) is 4.90 Å². The minimum absolute atomic E-state index is 0.0230. The molecule has 2 N–H and O–H groups in total. The molecule has 0 radical (unpaired) electrons. The van der Waals surface area contributed by atoms with Crippen molar-refractivity contribution in [3.05, 3.63) is 80.4 Å². The number of carbonyl (C=O) groups is 2. The molecule has 5 heterocycles. The monoisotopic (exact) mass is 592 g/mol. The lowest BCUT2D eigenvalue weighted by Crippen LogP contribution is -2.68. The van der Waals surface area contributed by atoms with E-state index in [9.17, 15) is 25.1 Å². The van der Waals surface area contributed by atoms with Gasteiger partial charge in [0, 0.05) is 40.9 Å². The zero-order valence-corrected chi connectivity index (χ0v) is 24.9. The summed E-state index contributed by atoms with van der Waals surface area (Å²) in [5.74, 6) is 0.455. The lowest BCUT2D eigenvalue weighted by Gasteiger charge is -2.60. The average molecular weight is 593 g/mol. The summed E-state index contributed by atoms with van der Waals surface area (Å²) in [6, 6.07) is 9.28. The molecule has 2 amide bonds. The number of aromatic hydroxyl groups is 2. The number of piperazine rings is 1. The number of hydrogen-bond donors (Lipinski definition) is 2. The molecule has 0 spiro atoms. The molecule has 5 aliphatic rings. The lowest BCUT2D eigenvalue weighted by molar-refractivity contribution is -0.0757. The Morgan fingerprint density at radius 3 is 2.30 bits per heavy atom. The second-order valence-electron chi connectivity index (χ2n) is 12.6. The molecule has 3 aromatic rings. The fraction of sp³-hybridized carbons (Fsp3) is 0.382. The number of nitrogens with zero attached hydrogens (tertiary/aromatic N) is 4. The summed E-state index contributed by atoms with van der Waals surface area (Å²) in [6.07, 6.45) is 0.922. The Hall–Kier alpha value is -4.59. The SMILES string of the molecule is Cc1cc2c(c(O)c1C)C1C3Cc4c(O)c(C)c5c(c4[C@H](CN4C(=O)c6ccccc6C4=O)N3[C@@H](C#N)[C@H](C2)N1C)OCO5. The molecular weight excluding hydrogens is 560 g/mol. The van der Waals surface area contributed by atoms with E-state index in [0.29, 0.717) is 52.2 Å². The average Bonchev–Trinajstić information content (AvgIpc) is 3.59. The maximum Gasteiger partial charge on any atom is 0.261 e. The quantitative estimate of drug-likeness (QED) is 0.427. The standard InChI is InChI=1S/C34H32N4O6/c1-15-9-18-10-22-24(12-35)38-23(28(36(22)4)26(18)30(40)16(15)2)11-21-27(32-31(43-14-44-32)17(3)29(21)39)25(38)13-37-33(41)19-7-5-6-8-20(19)34(37)42/h5-9,22-25,28,39-40H,10-11,13-14H2,1-4H3/t22-,23?,24-,25-,28?/m0/s1. The predicted octanol–water partition coefficient (Wildman–Crippen LogP) is 3.82. The molecule has 44 heavy (non-hydrogen) atoms. The summed E-state index contributed by atoms with van der Waals surface area (Å²) in [7, 11) is 1.99. The third-order valence-electron chi connectivity index (χ3n) is 10.7. The summed E-state index contributed by atoms with van der Waals surface area (Å²) < 4.78 is 11.8. The van der Waals surface area contributed by atoms with E-state index in [1.807, 2.05) is 20.9 Å². The van der Waals surface area contributed by atoms with E-state index in [2.05, 4.69) is 21.9 Å². The van der Waals surface area contributed by atoms with Crippen LogP contribution in [0, 0.1) is 32.1 Å². The van der Waals surface area contributed by atoms with Gasteiger partial charge in [-0.1, -0.05) is 18.2 Å². The molecular formula is C34H32N4O6. The molecule has 224 valence electrons. The van der Waals surface area contributed by atoms with Crippen molar-refractivity contribution in [3.63, 3.8) is 0 Å². The maximum atomic E-state index is 13.7. The Kier molecular flexibility index (Phi) is 5.65. The molecule has 1 fully saturated rings. The second-order valence-corrected chi connectivity index (χ2v) is 12.6. The van der Waals surface area contributed by atoms with Crippen LogP contribution in [0.4, 0.5) is 0 Å². The minimum Gasteiger partial charge on any atom is -0.507 e. The molecule has 10 nitrogen and oxygen atoms in total. The molecule has 0 saturated carbocycles. The van der Waals surface area contributed by atoms with E-state index in [4.69, 9.17) is 9.47 Å². The van der Waals surface area contributed by atoms with Crippen molar-refractivity contribution < 1.29 is 29.3 Å². The smallest absolute Gasteiger partial charge is 0.261 e. The first-order valence-corrected chi connectivity index (χ1v) is 14.9. The van der Waals surface area contributed by atoms with Gasteiger partial charge < -0.3 is 19.7 Å². The summed E-state index contributed by atoms with van der Waals surface area (Å²) in [5, 5.41) is 34.0. The highest BCUT2D eigenvalue weighted by molar-refractivity contribution is 6.21. The third-order valence-corrected chi connectivity index (χ3v) is 10.7. The third kappa shape index (κ3) is 3.31. The number of rotatable bonds is 2. The molecule has 10 heteroatoms. The number of likely N-dealkylation sites (N-methyl/N-ethyl adjacent to an activating group) is 1. The normalized spacial score (nSPS) is 26.6. The van der Waals surface area contributed by atoms with Crippen LogP contribution < -0.4 is 9.47 Å². The van der Waals surface area contributed by atoms with Crippen molar-refractivity contribution in [3.8, 4) is 29.1 Å². The van der Waals surface area contributed by atoms with Crippen molar-refractivity contribution >= 4 is 11.8 Å². The van der Waals surface area contributed by atoms with Gasteiger partial charge in [-0.05, 0) is 69.5 Å². The summed E-state index contributed by atoms with van der Waals surface area (Å²) in [4.78, 5) is 32.9. The Labute approximate surface area is 254 Å². The molecule has 8 rings (SSSR count). The maximum absolute atomic E-state index is 13.7. The highest BCUT2D eigenvalue weighted by Gasteiger charge is 2.57. The predicted molar refractivity (Wildman–Crippen MR) is 158 cm³/mol. The topological polar surface area (TPSA) is 127 Å². The van der Waals surface area contributed by atoms with Gasteiger partial charge in [-0.25, -0.2) is 0 Å². The van der Waals surface area contributed by atoms with Crippen LogP contribution in [-0.4, -0.2) is 75.2 Å². The number of phenolic OH excluding ortho intramolecular Hbond substituents is 2. The van der Waals surface area contributed by atoms with Crippen molar-refractivity contribution in [1.82, 2.24) is 14.7 Å². The van der Waals surface area contributed by atoms with Crippen LogP contribution in [0.5, 0.6) is 23.0 Å². The summed E-state index contributed by atoms with van der Waals surface area (Å²) in [5.41, 5.74) is 6.19. The van der Waals surface area contributed by atoms with E-state index < -0.39 is 23.9 Å². The first-order valence-electron chi connectivity index (χ1n) is 14.9. The van der Waals surface area contributed by atoms with Crippen LogP contribution in [0.25, 0.3) is 0 Å². The Balaban J connectivity index is 1.35. The van der Waals surface area contributed by atoms with E-state index >= 15 is 0 Å². The summed E-state index contributed by atoms with van der Waals surface area (Å²) in [6.45, 7) is 5.61. The van der Waals surface area contributed by atoms with Gasteiger partial charge in [0.05, 0.1) is 29.3 Å². The number of aryl methyl sites for hydroxylation is 1. The van der Waals surface area contributed by atoms with Crippen LogP contribution in [0.1, 0.15) is 71.7 Å². The highest BCUT2D eigenvalue weighted by Crippen LogP contribution is 2.58. The van der Waals surface area contributed by atoms with Crippen LogP contribution in [-0.2, 0) is 12.8 Å². The first-order chi connectivity index (χ1) is 21.1. The number of carbonyl (C=O) groups excluding carboxylic acids is 2. The zero-order chi connectivity index (χ0) is 30.8. The van der Waals surface area contributed by atoms with E-state index in [-0.39, 0.29) is 43.0 Å². The second kappa shape index (κ2) is 9.21. The fourth-order valence-electron chi connectivity index (χ4n) is 8.46. The largest absolute Gasteiger partial charge is 0.507 e. The molecule has 2 unspecified atom stereocenters. The number of hydrogen-bond acceptors (Lipinski definition) is 9. The van der Waals surface area contributed by atoms with Gasteiger partial charge in [-0.15, -0.1) is 0 Å². The number of nitriles is 1. The van der Waals surface area contributed by atoms with Crippen LogP contribution >= 0.6 is 0 Å². The van der Waals surface area contributed by atoms with Crippen LogP contribution in [0.15, 0.2) is 30.3 Å². The van der Waals surface area contributed by atoms with Crippen molar-refractivity contribution in [1.29, 1.82) is 5.26 Å². The van der Waals surface area contributed by atoms with Crippen LogP contribution in [0.2, 0.25) is 0 Å². The molecule has 5 aliphatic heterocycles. The zero-order valence-electron chi connectivity index (χ0n) is 24.9.